The van der Waals surface area contributed by atoms with Gasteiger partial charge in [0.2, 0.25) is 0 Å². The highest BCUT2D eigenvalue weighted by Gasteiger charge is 2.23. The predicted molar refractivity (Wildman–Crippen MR) is 96.7 cm³/mol. The number of piperidine rings is 1. The van der Waals surface area contributed by atoms with Crippen LogP contribution in [0.5, 0.6) is 0 Å². The van der Waals surface area contributed by atoms with Gasteiger partial charge in [-0.3, -0.25) is 14.9 Å². The van der Waals surface area contributed by atoms with Crippen molar-refractivity contribution in [3.8, 4) is 0 Å². The van der Waals surface area contributed by atoms with Crippen molar-refractivity contribution in [2.75, 3.05) is 18.0 Å². The van der Waals surface area contributed by atoms with Crippen molar-refractivity contribution in [1.29, 1.82) is 0 Å². The van der Waals surface area contributed by atoms with E-state index in [-0.39, 0.29) is 23.6 Å². The molecule has 7 heteroatoms. The number of anilines is 1. The summed E-state index contributed by atoms with van der Waals surface area (Å²) >= 11 is 0. The van der Waals surface area contributed by atoms with Gasteiger partial charge in [-0.25, -0.2) is 4.39 Å². The monoisotopic (exact) mass is 357 g/mol. The summed E-state index contributed by atoms with van der Waals surface area (Å²) in [5.41, 5.74) is 1.49. The van der Waals surface area contributed by atoms with Gasteiger partial charge in [0.1, 0.15) is 11.5 Å². The number of hydrogen-bond acceptors (Lipinski definition) is 4. The van der Waals surface area contributed by atoms with Crippen molar-refractivity contribution in [3.05, 3.63) is 69.5 Å². The SMILES string of the molecule is O=C(NCc1ccc(F)cc1)c1ccc(N2CCCCC2)c([N+](=O)[O-])c1. The summed E-state index contributed by atoms with van der Waals surface area (Å²) in [7, 11) is 0. The lowest BCUT2D eigenvalue weighted by atomic mass is 10.1. The van der Waals surface area contributed by atoms with Crippen molar-refractivity contribution >= 4 is 17.3 Å². The molecule has 1 N–H and O–H groups in total. The molecule has 2 aromatic rings. The van der Waals surface area contributed by atoms with Crippen LogP contribution in [0.1, 0.15) is 35.2 Å². The molecule has 1 heterocycles. The van der Waals surface area contributed by atoms with Crippen LogP contribution in [0.2, 0.25) is 0 Å². The molecule has 6 nitrogen and oxygen atoms in total. The number of nitro benzene ring substituents is 1. The van der Waals surface area contributed by atoms with Crippen LogP contribution in [0, 0.1) is 15.9 Å². The number of carbonyl (C=O) groups excluding carboxylic acids is 1. The Morgan fingerprint density at radius 3 is 2.46 bits per heavy atom. The molecule has 1 aliphatic rings. The van der Waals surface area contributed by atoms with Crippen LogP contribution in [0.25, 0.3) is 0 Å². The molecule has 0 aromatic heterocycles. The topological polar surface area (TPSA) is 75.5 Å². The number of nitrogens with one attached hydrogen (secondary N) is 1. The smallest absolute Gasteiger partial charge is 0.293 e. The van der Waals surface area contributed by atoms with E-state index >= 15 is 0 Å². The van der Waals surface area contributed by atoms with Crippen LogP contribution in [0.3, 0.4) is 0 Å². The number of amides is 1. The molecule has 2 aromatic carbocycles. The van der Waals surface area contributed by atoms with Gasteiger partial charge < -0.3 is 10.2 Å². The first kappa shape index (κ1) is 17.8. The van der Waals surface area contributed by atoms with Gasteiger partial charge in [-0.05, 0) is 49.1 Å². The van der Waals surface area contributed by atoms with E-state index in [1.165, 1.54) is 18.2 Å². The van der Waals surface area contributed by atoms with Gasteiger partial charge in [0, 0.05) is 31.3 Å². The molecule has 136 valence electrons. The van der Waals surface area contributed by atoms with Crippen molar-refractivity contribution in [3.63, 3.8) is 0 Å². The maximum atomic E-state index is 12.9. The maximum Gasteiger partial charge on any atom is 0.293 e. The molecule has 0 atom stereocenters. The Bertz CT molecular complexity index is 802. The van der Waals surface area contributed by atoms with Gasteiger partial charge in [-0.15, -0.1) is 0 Å². The molecule has 1 saturated heterocycles. The van der Waals surface area contributed by atoms with Crippen LogP contribution < -0.4 is 10.2 Å². The minimum absolute atomic E-state index is 0.0543. The number of hydrogen-bond donors (Lipinski definition) is 1. The van der Waals surface area contributed by atoms with Crippen LogP contribution in [-0.2, 0) is 6.54 Å². The summed E-state index contributed by atoms with van der Waals surface area (Å²) in [4.78, 5) is 25.3. The minimum Gasteiger partial charge on any atom is -0.366 e. The Morgan fingerprint density at radius 2 is 1.81 bits per heavy atom. The maximum absolute atomic E-state index is 12.9. The van der Waals surface area contributed by atoms with E-state index in [2.05, 4.69) is 5.32 Å². The quantitative estimate of drug-likeness (QED) is 0.655. The van der Waals surface area contributed by atoms with Crippen molar-refractivity contribution < 1.29 is 14.1 Å². The van der Waals surface area contributed by atoms with Gasteiger partial charge in [0.25, 0.3) is 11.6 Å². The summed E-state index contributed by atoms with van der Waals surface area (Å²) in [5, 5.41) is 14.2. The largest absolute Gasteiger partial charge is 0.366 e. The molecule has 0 saturated carbocycles. The summed E-state index contributed by atoms with van der Waals surface area (Å²) in [6.45, 7) is 1.80. The highest BCUT2D eigenvalue weighted by molar-refractivity contribution is 5.95. The lowest BCUT2D eigenvalue weighted by Gasteiger charge is -2.28. The van der Waals surface area contributed by atoms with E-state index in [1.54, 1.807) is 24.3 Å². The average molecular weight is 357 g/mol. The molecule has 0 spiro atoms. The number of nitro groups is 1. The number of nitrogens with zero attached hydrogens (tertiary/aromatic N) is 2. The molecular weight excluding hydrogens is 337 g/mol. The van der Waals surface area contributed by atoms with Gasteiger partial charge in [-0.2, -0.15) is 0 Å². The average Bonchev–Trinajstić information content (AvgIpc) is 2.67. The first-order valence-corrected chi connectivity index (χ1v) is 8.60. The van der Waals surface area contributed by atoms with Crippen molar-refractivity contribution in [2.24, 2.45) is 0 Å². The Hall–Kier alpha value is -2.96. The highest BCUT2D eigenvalue weighted by Crippen LogP contribution is 2.31. The molecule has 0 bridgehead atoms. The normalized spacial score (nSPS) is 14.1. The van der Waals surface area contributed by atoms with E-state index in [0.29, 0.717) is 5.69 Å². The number of halogens is 1. The molecule has 1 aliphatic heterocycles. The Morgan fingerprint density at radius 1 is 1.12 bits per heavy atom. The lowest BCUT2D eigenvalue weighted by Crippen LogP contribution is -2.30. The molecule has 1 fully saturated rings. The zero-order valence-electron chi connectivity index (χ0n) is 14.3. The molecule has 0 radical (unpaired) electrons. The zero-order valence-corrected chi connectivity index (χ0v) is 14.3. The van der Waals surface area contributed by atoms with Crippen LogP contribution in [0.4, 0.5) is 15.8 Å². The van der Waals surface area contributed by atoms with Crippen LogP contribution >= 0.6 is 0 Å². The van der Waals surface area contributed by atoms with E-state index in [9.17, 15) is 19.3 Å². The second-order valence-electron chi connectivity index (χ2n) is 6.32. The number of benzene rings is 2. The second-order valence-corrected chi connectivity index (χ2v) is 6.32. The highest BCUT2D eigenvalue weighted by atomic mass is 19.1. The van der Waals surface area contributed by atoms with Crippen molar-refractivity contribution in [1.82, 2.24) is 5.32 Å². The van der Waals surface area contributed by atoms with E-state index in [4.69, 9.17) is 0 Å². The van der Waals surface area contributed by atoms with Crippen molar-refractivity contribution in [2.45, 2.75) is 25.8 Å². The summed E-state index contributed by atoms with van der Waals surface area (Å²) < 4.78 is 12.9. The predicted octanol–water partition coefficient (Wildman–Crippen LogP) is 3.65. The van der Waals surface area contributed by atoms with E-state index < -0.39 is 10.8 Å². The van der Waals surface area contributed by atoms with E-state index in [1.807, 2.05) is 4.90 Å². The number of rotatable bonds is 5. The number of carbonyl (C=O) groups is 1. The first-order chi connectivity index (χ1) is 12.5. The standard InChI is InChI=1S/C19H20FN3O3/c20-16-7-4-14(5-8-16)13-21-19(24)15-6-9-17(18(12-15)23(25)26)22-10-2-1-3-11-22/h4-9,12H,1-3,10-11,13H2,(H,21,24). The van der Waals surface area contributed by atoms with Gasteiger partial charge in [0.15, 0.2) is 0 Å². The van der Waals surface area contributed by atoms with E-state index in [0.717, 1.165) is 37.9 Å². The molecule has 26 heavy (non-hydrogen) atoms. The minimum atomic E-state index is -0.444. The fourth-order valence-corrected chi connectivity index (χ4v) is 3.10. The summed E-state index contributed by atoms with van der Waals surface area (Å²) in [5.74, 6) is -0.744. The lowest BCUT2D eigenvalue weighted by molar-refractivity contribution is -0.384. The van der Waals surface area contributed by atoms with Crippen LogP contribution in [0.15, 0.2) is 42.5 Å². The fourth-order valence-electron chi connectivity index (χ4n) is 3.10. The third-order valence-corrected chi connectivity index (χ3v) is 4.50. The Kier molecular flexibility index (Phi) is 5.46. The summed E-state index contributed by atoms with van der Waals surface area (Å²) in [6.07, 6.45) is 3.16. The molecule has 3 rings (SSSR count). The zero-order chi connectivity index (χ0) is 18.5. The third-order valence-electron chi connectivity index (χ3n) is 4.50. The Balaban J connectivity index is 1.74. The van der Waals surface area contributed by atoms with Gasteiger partial charge in [0.05, 0.1) is 4.92 Å². The Labute approximate surface area is 150 Å². The third kappa shape index (κ3) is 4.17. The molecule has 0 aliphatic carbocycles. The molecular formula is C19H20FN3O3. The van der Waals surface area contributed by atoms with Crippen LogP contribution in [-0.4, -0.2) is 23.9 Å². The van der Waals surface area contributed by atoms with Gasteiger partial charge in [-0.1, -0.05) is 12.1 Å². The second kappa shape index (κ2) is 7.95. The van der Waals surface area contributed by atoms with Gasteiger partial charge >= 0.3 is 0 Å². The summed E-state index contributed by atoms with van der Waals surface area (Å²) in [6, 6.07) is 10.4. The first-order valence-electron chi connectivity index (χ1n) is 8.60. The molecule has 1 amide bonds. The fraction of sp³-hybridized carbons (Fsp3) is 0.316. The molecule has 0 unspecified atom stereocenters.